The van der Waals surface area contributed by atoms with Gasteiger partial charge in [0.15, 0.2) is 5.78 Å². The quantitative estimate of drug-likeness (QED) is 0.723. The Morgan fingerprint density at radius 3 is 1.41 bits per heavy atom. The van der Waals surface area contributed by atoms with Crippen LogP contribution in [0.4, 0.5) is 0 Å². The highest BCUT2D eigenvalue weighted by atomic mass is 16.1. The Morgan fingerprint density at radius 1 is 0.704 bits per heavy atom. The van der Waals surface area contributed by atoms with Crippen LogP contribution in [0, 0.1) is 0 Å². The Morgan fingerprint density at radius 2 is 1.07 bits per heavy atom. The SMILES string of the molecule is CC(C)c1ccc(C=C2CNCC(=Cc3ccc(C(C)C)cc3)C2=O)cc1. The van der Waals surface area contributed by atoms with Gasteiger partial charge in [0.05, 0.1) is 0 Å². The number of rotatable bonds is 4. The minimum Gasteiger partial charge on any atom is -0.308 e. The van der Waals surface area contributed by atoms with E-state index in [2.05, 4.69) is 81.5 Å². The zero-order chi connectivity index (χ0) is 19.4. The van der Waals surface area contributed by atoms with E-state index in [4.69, 9.17) is 0 Å². The van der Waals surface area contributed by atoms with Crippen molar-refractivity contribution in [3.8, 4) is 0 Å². The lowest BCUT2D eigenvalue weighted by molar-refractivity contribution is -0.112. The molecule has 140 valence electrons. The smallest absolute Gasteiger partial charge is 0.187 e. The predicted molar refractivity (Wildman–Crippen MR) is 115 cm³/mol. The van der Waals surface area contributed by atoms with Crippen LogP contribution in [0.25, 0.3) is 12.2 Å². The zero-order valence-electron chi connectivity index (χ0n) is 16.8. The Kier molecular flexibility index (Phi) is 6.08. The van der Waals surface area contributed by atoms with E-state index in [9.17, 15) is 4.79 Å². The first-order chi connectivity index (χ1) is 12.9. The Labute approximate surface area is 163 Å². The fourth-order valence-corrected chi connectivity index (χ4v) is 3.29. The molecule has 0 unspecified atom stereocenters. The van der Waals surface area contributed by atoms with Gasteiger partial charge in [-0.05, 0) is 46.2 Å². The normalized spacial score (nSPS) is 18.1. The van der Waals surface area contributed by atoms with E-state index in [-0.39, 0.29) is 5.78 Å². The minimum atomic E-state index is 0.148. The molecule has 2 heteroatoms. The first-order valence-electron chi connectivity index (χ1n) is 9.80. The van der Waals surface area contributed by atoms with Crippen LogP contribution in [0.3, 0.4) is 0 Å². The van der Waals surface area contributed by atoms with Crippen molar-refractivity contribution < 1.29 is 4.79 Å². The van der Waals surface area contributed by atoms with Gasteiger partial charge >= 0.3 is 0 Å². The second-order valence-electron chi connectivity index (χ2n) is 7.91. The molecule has 0 aromatic heterocycles. The molecule has 2 aromatic rings. The van der Waals surface area contributed by atoms with Crippen LogP contribution in [0.1, 0.15) is 61.8 Å². The number of piperidine rings is 1. The van der Waals surface area contributed by atoms with Crippen molar-refractivity contribution in [2.24, 2.45) is 0 Å². The van der Waals surface area contributed by atoms with Crippen molar-refractivity contribution >= 4 is 17.9 Å². The second-order valence-corrected chi connectivity index (χ2v) is 7.91. The summed E-state index contributed by atoms with van der Waals surface area (Å²) in [7, 11) is 0. The number of carbonyl (C=O) groups is 1. The van der Waals surface area contributed by atoms with Crippen LogP contribution >= 0.6 is 0 Å². The Hall–Kier alpha value is -2.45. The van der Waals surface area contributed by atoms with Gasteiger partial charge in [-0.3, -0.25) is 4.79 Å². The summed E-state index contributed by atoms with van der Waals surface area (Å²) in [6.45, 7) is 9.99. The molecule has 0 radical (unpaired) electrons. The molecule has 2 aromatic carbocycles. The third kappa shape index (κ3) is 4.84. The highest BCUT2D eigenvalue weighted by molar-refractivity contribution is 6.14. The molecule has 0 spiro atoms. The van der Waals surface area contributed by atoms with E-state index in [1.165, 1.54) is 11.1 Å². The summed E-state index contributed by atoms with van der Waals surface area (Å²) in [5.41, 5.74) is 6.43. The van der Waals surface area contributed by atoms with Crippen LogP contribution in [0.2, 0.25) is 0 Å². The van der Waals surface area contributed by atoms with Crippen LogP contribution < -0.4 is 5.32 Å². The van der Waals surface area contributed by atoms with Crippen LogP contribution in [-0.4, -0.2) is 18.9 Å². The van der Waals surface area contributed by atoms with Gasteiger partial charge in [0.1, 0.15) is 0 Å². The lowest BCUT2D eigenvalue weighted by Crippen LogP contribution is -2.32. The first kappa shape index (κ1) is 19.3. The maximum absolute atomic E-state index is 12.9. The van der Waals surface area contributed by atoms with E-state index in [1.807, 2.05) is 12.2 Å². The van der Waals surface area contributed by atoms with Crippen molar-refractivity contribution in [1.82, 2.24) is 5.32 Å². The molecule has 1 saturated heterocycles. The fraction of sp³-hybridized carbons (Fsp3) is 0.320. The fourth-order valence-electron chi connectivity index (χ4n) is 3.29. The third-order valence-corrected chi connectivity index (χ3v) is 5.10. The van der Waals surface area contributed by atoms with Crippen molar-refractivity contribution in [2.75, 3.05) is 13.1 Å². The molecule has 0 amide bonds. The van der Waals surface area contributed by atoms with Gasteiger partial charge in [-0.2, -0.15) is 0 Å². The molecule has 0 atom stereocenters. The number of hydrogen-bond acceptors (Lipinski definition) is 2. The zero-order valence-corrected chi connectivity index (χ0v) is 16.8. The van der Waals surface area contributed by atoms with Gasteiger partial charge in [0.25, 0.3) is 0 Å². The molecule has 3 rings (SSSR count). The minimum absolute atomic E-state index is 0.148. The number of nitrogens with one attached hydrogen (secondary N) is 1. The van der Waals surface area contributed by atoms with Gasteiger partial charge in [-0.25, -0.2) is 0 Å². The summed E-state index contributed by atoms with van der Waals surface area (Å²) in [4.78, 5) is 12.9. The summed E-state index contributed by atoms with van der Waals surface area (Å²) < 4.78 is 0. The van der Waals surface area contributed by atoms with Gasteiger partial charge in [-0.15, -0.1) is 0 Å². The molecule has 0 bridgehead atoms. The number of Topliss-reactive ketones (excluding diaryl/α,β-unsaturated/α-hetero) is 1. The van der Waals surface area contributed by atoms with E-state index >= 15 is 0 Å². The first-order valence-corrected chi connectivity index (χ1v) is 9.80. The van der Waals surface area contributed by atoms with Crippen molar-refractivity contribution in [3.63, 3.8) is 0 Å². The Bertz CT molecular complexity index is 781. The van der Waals surface area contributed by atoms with Crippen molar-refractivity contribution in [1.29, 1.82) is 0 Å². The van der Waals surface area contributed by atoms with Crippen LogP contribution in [0.15, 0.2) is 59.7 Å². The van der Waals surface area contributed by atoms with Gasteiger partial charge < -0.3 is 5.32 Å². The molecule has 27 heavy (non-hydrogen) atoms. The molecule has 0 aliphatic carbocycles. The van der Waals surface area contributed by atoms with E-state index in [0.29, 0.717) is 24.9 Å². The summed E-state index contributed by atoms with van der Waals surface area (Å²) >= 11 is 0. The van der Waals surface area contributed by atoms with Crippen molar-refractivity contribution in [3.05, 3.63) is 81.9 Å². The summed E-state index contributed by atoms with van der Waals surface area (Å²) in [5, 5.41) is 3.36. The summed E-state index contributed by atoms with van der Waals surface area (Å²) in [6.07, 6.45) is 4.02. The number of benzene rings is 2. The van der Waals surface area contributed by atoms with Gasteiger partial charge in [0, 0.05) is 24.2 Å². The van der Waals surface area contributed by atoms with E-state index < -0.39 is 0 Å². The molecular formula is C25H29NO. The molecule has 2 nitrogen and oxygen atoms in total. The standard InChI is InChI=1S/C25H29NO/c1-17(2)21-9-5-19(6-10-21)13-23-15-26-16-24(25(23)27)14-20-7-11-22(12-8-20)18(3)4/h5-14,17-18,26H,15-16H2,1-4H3. The highest BCUT2D eigenvalue weighted by Crippen LogP contribution is 2.21. The third-order valence-electron chi connectivity index (χ3n) is 5.10. The molecular weight excluding hydrogens is 330 g/mol. The molecule has 1 aliphatic rings. The topological polar surface area (TPSA) is 29.1 Å². The molecule has 1 fully saturated rings. The van der Waals surface area contributed by atoms with E-state index in [1.54, 1.807) is 0 Å². The summed E-state index contributed by atoms with van der Waals surface area (Å²) in [6, 6.07) is 17.0. The number of ketones is 1. The molecule has 1 heterocycles. The predicted octanol–water partition coefficient (Wildman–Crippen LogP) is 5.57. The van der Waals surface area contributed by atoms with Crippen molar-refractivity contribution in [2.45, 2.75) is 39.5 Å². The number of carbonyl (C=O) groups excluding carboxylic acids is 1. The average Bonchev–Trinajstić information content (AvgIpc) is 2.66. The maximum atomic E-state index is 12.9. The van der Waals surface area contributed by atoms with E-state index in [0.717, 1.165) is 22.3 Å². The second kappa shape index (κ2) is 8.49. The van der Waals surface area contributed by atoms with Crippen LogP contribution in [-0.2, 0) is 4.79 Å². The Balaban J connectivity index is 1.80. The lowest BCUT2D eigenvalue weighted by atomic mass is 9.94. The lowest BCUT2D eigenvalue weighted by Gasteiger charge is -2.18. The molecule has 0 saturated carbocycles. The van der Waals surface area contributed by atoms with Gasteiger partial charge in [0.2, 0.25) is 0 Å². The molecule has 1 aliphatic heterocycles. The van der Waals surface area contributed by atoms with Crippen LogP contribution in [0.5, 0.6) is 0 Å². The number of hydrogen-bond donors (Lipinski definition) is 1. The monoisotopic (exact) mass is 359 g/mol. The molecule has 1 N–H and O–H groups in total. The average molecular weight is 360 g/mol. The highest BCUT2D eigenvalue weighted by Gasteiger charge is 2.20. The summed E-state index contributed by atoms with van der Waals surface area (Å²) in [5.74, 6) is 1.18. The maximum Gasteiger partial charge on any atom is 0.187 e. The van der Waals surface area contributed by atoms with Gasteiger partial charge in [-0.1, -0.05) is 76.2 Å². The largest absolute Gasteiger partial charge is 0.308 e.